The molecule has 0 bridgehead atoms. The fraction of sp³-hybridized carbons (Fsp3) is 0.214. The highest BCUT2D eigenvalue weighted by atomic mass is 79.9. The molecule has 2 aromatic carbocycles. The molecule has 1 saturated heterocycles. The number of rotatable bonds is 6. The Morgan fingerprint density at radius 1 is 1.11 bits per heavy atom. The second kappa shape index (κ2) is 10.2. The minimum absolute atomic E-state index is 0.0283. The van der Waals surface area contributed by atoms with Gasteiger partial charge in [0.25, 0.3) is 5.69 Å². The van der Waals surface area contributed by atoms with E-state index >= 15 is 0 Å². The number of ether oxygens (including phenoxy) is 1. The standard InChI is InChI=1S/C28H26BrN5O3S/c1-16-13-19(8-10-22(16)29)33-27(26(31-28(33)38)23-7-5-6-12-30-23)21-14-17(2)32(18(21)3)24-11-9-20(37-4)15-25(24)34(35)36/h5-15,26-27H,1-4H3,(H,31,38)/t26-,27-/m1/s1. The first kappa shape index (κ1) is 25.9. The smallest absolute Gasteiger partial charge is 0.296 e. The molecule has 0 unspecified atom stereocenters. The zero-order chi connectivity index (χ0) is 27.1. The fourth-order valence-electron chi connectivity index (χ4n) is 5.15. The number of anilines is 1. The average molecular weight is 593 g/mol. The number of benzene rings is 2. The molecule has 10 heteroatoms. The van der Waals surface area contributed by atoms with E-state index in [9.17, 15) is 10.1 Å². The van der Waals surface area contributed by atoms with Crippen molar-refractivity contribution in [2.75, 3.05) is 12.0 Å². The van der Waals surface area contributed by atoms with Gasteiger partial charge in [0.2, 0.25) is 0 Å². The van der Waals surface area contributed by atoms with E-state index < -0.39 is 0 Å². The number of aryl methyl sites for hydroxylation is 2. The molecule has 38 heavy (non-hydrogen) atoms. The molecule has 1 aliphatic heterocycles. The van der Waals surface area contributed by atoms with E-state index in [0.29, 0.717) is 16.5 Å². The van der Waals surface area contributed by atoms with Crippen LogP contribution in [0.4, 0.5) is 11.4 Å². The molecule has 2 atom stereocenters. The van der Waals surface area contributed by atoms with Gasteiger partial charge in [-0.15, -0.1) is 0 Å². The van der Waals surface area contributed by atoms with Crippen LogP contribution < -0.4 is 15.0 Å². The summed E-state index contributed by atoms with van der Waals surface area (Å²) in [7, 11) is 1.50. The Morgan fingerprint density at radius 3 is 2.55 bits per heavy atom. The topological polar surface area (TPSA) is 85.5 Å². The number of nitro groups is 1. The lowest BCUT2D eigenvalue weighted by Crippen LogP contribution is -2.29. The molecule has 1 aliphatic rings. The number of nitro benzene ring substituents is 1. The molecule has 0 spiro atoms. The Bertz CT molecular complexity index is 1560. The second-order valence-electron chi connectivity index (χ2n) is 9.20. The summed E-state index contributed by atoms with van der Waals surface area (Å²) in [5, 5.41) is 16.1. The zero-order valence-electron chi connectivity index (χ0n) is 21.3. The van der Waals surface area contributed by atoms with E-state index in [1.807, 2.05) is 55.7 Å². The van der Waals surface area contributed by atoms with Crippen molar-refractivity contribution in [1.29, 1.82) is 0 Å². The largest absolute Gasteiger partial charge is 0.496 e. The summed E-state index contributed by atoms with van der Waals surface area (Å²) < 4.78 is 8.19. The van der Waals surface area contributed by atoms with Gasteiger partial charge in [0, 0.05) is 27.7 Å². The molecule has 1 fully saturated rings. The molecule has 5 rings (SSSR count). The molecule has 0 amide bonds. The number of hydrogen-bond acceptors (Lipinski definition) is 5. The average Bonchev–Trinajstić information content (AvgIpc) is 3.40. The molecule has 1 N–H and O–H groups in total. The van der Waals surface area contributed by atoms with Gasteiger partial charge in [0.1, 0.15) is 11.4 Å². The van der Waals surface area contributed by atoms with Crippen molar-refractivity contribution in [3.8, 4) is 11.4 Å². The SMILES string of the molecule is COc1ccc(-n2c(C)cc([C@@H]3[C@@H](c4ccccn4)NC(=S)N3c3ccc(Br)c(C)c3)c2C)c([N+](=O)[O-])c1. The van der Waals surface area contributed by atoms with E-state index in [1.54, 1.807) is 18.3 Å². The van der Waals surface area contributed by atoms with Gasteiger partial charge >= 0.3 is 0 Å². The third-order valence-corrected chi connectivity index (χ3v) is 8.13. The quantitative estimate of drug-likeness (QED) is 0.152. The highest BCUT2D eigenvalue weighted by molar-refractivity contribution is 9.10. The maximum absolute atomic E-state index is 12.0. The van der Waals surface area contributed by atoms with E-state index in [-0.39, 0.29) is 22.7 Å². The van der Waals surface area contributed by atoms with Gasteiger partial charge in [-0.1, -0.05) is 22.0 Å². The summed E-state index contributed by atoms with van der Waals surface area (Å²) in [6, 6.07) is 18.5. The van der Waals surface area contributed by atoms with Crippen LogP contribution in [0.2, 0.25) is 0 Å². The van der Waals surface area contributed by atoms with Crippen molar-refractivity contribution in [3.63, 3.8) is 0 Å². The number of methoxy groups -OCH3 is 1. The highest BCUT2D eigenvalue weighted by Gasteiger charge is 2.42. The van der Waals surface area contributed by atoms with Gasteiger partial charge in [0.05, 0.1) is 35.9 Å². The number of nitrogens with zero attached hydrogens (tertiary/aromatic N) is 4. The van der Waals surface area contributed by atoms with Crippen LogP contribution in [0.25, 0.3) is 5.69 Å². The zero-order valence-corrected chi connectivity index (χ0v) is 23.7. The number of halogens is 1. The molecule has 0 radical (unpaired) electrons. The van der Waals surface area contributed by atoms with Crippen molar-refractivity contribution >= 4 is 44.6 Å². The molecule has 2 aromatic heterocycles. The number of pyridine rings is 1. The number of nitrogens with one attached hydrogen (secondary N) is 1. The Balaban J connectivity index is 1.71. The normalized spacial score (nSPS) is 17.0. The summed E-state index contributed by atoms with van der Waals surface area (Å²) in [5.74, 6) is 0.431. The van der Waals surface area contributed by atoms with Crippen LogP contribution in [0.5, 0.6) is 5.75 Å². The van der Waals surface area contributed by atoms with E-state index in [2.05, 4.69) is 43.3 Å². The van der Waals surface area contributed by atoms with Crippen LogP contribution in [0, 0.1) is 30.9 Å². The predicted molar refractivity (Wildman–Crippen MR) is 155 cm³/mol. The molecule has 194 valence electrons. The summed E-state index contributed by atoms with van der Waals surface area (Å²) in [6.07, 6.45) is 1.77. The maximum Gasteiger partial charge on any atom is 0.296 e. The van der Waals surface area contributed by atoms with Crippen LogP contribution in [0.1, 0.15) is 40.3 Å². The molecule has 4 aromatic rings. The first-order valence-electron chi connectivity index (χ1n) is 12.0. The van der Waals surface area contributed by atoms with Crippen molar-refractivity contribution in [3.05, 3.63) is 110 Å². The molecule has 3 heterocycles. The van der Waals surface area contributed by atoms with Crippen molar-refractivity contribution in [2.45, 2.75) is 32.9 Å². The number of thiocarbonyl (C=S) groups is 1. The summed E-state index contributed by atoms with van der Waals surface area (Å²) in [5.41, 5.74) is 6.09. The van der Waals surface area contributed by atoms with E-state index in [0.717, 1.165) is 38.4 Å². The Hall–Kier alpha value is -3.76. The van der Waals surface area contributed by atoms with Crippen LogP contribution in [-0.4, -0.2) is 26.7 Å². The summed E-state index contributed by atoms with van der Waals surface area (Å²) in [4.78, 5) is 18.4. The van der Waals surface area contributed by atoms with Crippen LogP contribution in [-0.2, 0) is 0 Å². The van der Waals surface area contributed by atoms with Gasteiger partial charge in [0.15, 0.2) is 5.11 Å². The number of aromatic nitrogens is 2. The van der Waals surface area contributed by atoms with Crippen molar-refractivity contribution < 1.29 is 9.66 Å². The van der Waals surface area contributed by atoms with Crippen molar-refractivity contribution in [1.82, 2.24) is 14.9 Å². The minimum atomic E-state index is -0.379. The predicted octanol–water partition coefficient (Wildman–Crippen LogP) is 6.65. The van der Waals surface area contributed by atoms with Crippen LogP contribution in [0.15, 0.2) is 71.3 Å². The fourth-order valence-corrected chi connectivity index (χ4v) is 5.74. The molecule has 8 nitrogen and oxygen atoms in total. The number of hydrogen-bond donors (Lipinski definition) is 1. The molecule has 0 aliphatic carbocycles. The molecular formula is C28H26BrN5O3S. The molecule has 0 saturated carbocycles. The maximum atomic E-state index is 12.0. The second-order valence-corrected chi connectivity index (χ2v) is 10.4. The third kappa shape index (κ3) is 4.43. The van der Waals surface area contributed by atoms with Gasteiger partial charge in [-0.05, 0) is 92.6 Å². The lowest BCUT2D eigenvalue weighted by Gasteiger charge is -2.28. The van der Waals surface area contributed by atoms with Crippen LogP contribution >= 0.6 is 28.1 Å². The van der Waals surface area contributed by atoms with Crippen molar-refractivity contribution in [2.24, 2.45) is 0 Å². The van der Waals surface area contributed by atoms with E-state index in [1.165, 1.54) is 13.2 Å². The monoisotopic (exact) mass is 591 g/mol. The van der Waals surface area contributed by atoms with Crippen LogP contribution in [0.3, 0.4) is 0 Å². The highest BCUT2D eigenvalue weighted by Crippen LogP contribution is 2.44. The van der Waals surface area contributed by atoms with Gasteiger partial charge < -0.3 is 19.5 Å². The summed E-state index contributed by atoms with van der Waals surface area (Å²) in [6.45, 7) is 5.98. The minimum Gasteiger partial charge on any atom is -0.496 e. The lowest BCUT2D eigenvalue weighted by molar-refractivity contribution is -0.384. The van der Waals surface area contributed by atoms with E-state index in [4.69, 9.17) is 17.0 Å². The lowest BCUT2D eigenvalue weighted by atomic mass is 9.96. The van der Waals surface area contributed by atoms with Gasteiger partial charge in [-0.25, -0.2) is 0 Å². The van der Waals surface area contributed by atoms with Gasteiger partial charge in [-0.2, -0.15) is 0 Å². The summed E-state index contributed by atoms with van der Waals surface area (Å²) >= 11 is 9.47. The Kier molecular flexibility index (Phi) is 6.93. The van der Waals surface area contributed by atoms with Gasteiger partial charge in [-0.3, -0.25) is 15.1 Å². The first-order valence-corrected chi connectivity index (χ1v) is 13.2. The Morgan fingerprint density at radius 2 is 1.89 bits per heavy atom. The third-order valence-electron chi connectivity index (χ3n) is 6.93. The first-order chi connectivity index (χ1) is 18.2. The Labute approximate surface area is 234 Å². The molecular weight excluding hydrogens is 566 g/mol.